The highest BCUT2D eigenvalue weighted by Gasteiger charge is 2.32. The van der Waals surface area contributed by atoms with Crippen LogP contribution in [0.5, 0.6) is 0 Å². The molecule has 1 aromatic rings. The van der Waals surface area contributed by atoms with Gasteiger partial charge >= 0.3 is 0 Å². The summed E-state index contributed by atoms with van der Waals surface area (Å²) in [6, 6.07) is 0.294. The van der Waals surface area contributed by atoms with Gasteiger partial charge in [-0.05, 0) is 53.0 Å². The van der Waals surface area contributed by atoms with Crippen LogP contribution in [0.4, 0.5) is 5.69 Å². The fraction of sp³-hybridized carbons (Fsp3) is 0.733. The molecule has 20 heavy (non-hydrogen) atoms. The SMILES string of the molecule is Cc1nn(C(C)C)c(C)c1NC(=O)C1CCCC1CN. The average molecular weight is 278 g/mol. The van der Waals surface area contributed by atoms with E-state index < -0.39 is 0 Å². The molecule has 2 unspecified atom stereocenters. The van der Waals surface area contributed by atoms with Gasteiger partial charge in [-0.15, -0.1) is 0 Å². The Labute approximate surface area is 120 Å². The summed E-state index contributed by atoms with van der Waals surface area (Å²) in [6.45, 7) is 8.72. The predicted molar refractivity (Wildman–Crippen MR) is 80.6 cm³/mol. The molecule has 1 fully saturated rings. The van der Waals surface area contributed by atoms with Crippen molar-refractivity contribution in [3.05, 3.63) is 11.4 Å². The summed E-state index contributed by atoms with van der Waals surface area (Å²) in [5.41, 5.74) is 8.53. The highest BCUT2D eigenvalue weighted by atomic mass is 16.1. The molecule has 1 aliphatic carbocycles. The fourth-order valence-corrected chi connectivity index (χ4v) is 3.23. The standard InChI is InChI=1S/C15H26N4O/c1-9(2)19-11(4)14(10(3)18-19)17-15(20)13-7-5-6-12(13)8-16/h9,12-13H,5-8,16H2,1-4H3,(H,17,20). The Balaban J connectivity index is 2.16. The number of anilines is 1. The van der Waals surface area contributed by atoms with Crippen molar-refractivity contribution in [1.82, 2.24) is 9.78 Å². The van der Waals surface area contributed by atoms with Gasteiger partial charge in [-0.1, -0.05) is 6.42 Å². The Hall–Kier alpha value is -1.36. The van der Waals surface area contributed by atoms with Crippen molar-refractivity contribution in [2.45, 2.75) is 53.0 Å². The number of aryl methyl sites for hydroxylation is 1. The summed E-state index contributed by atoms with van der Waals surface area (Å²) in [4.78, 5) is 12.5. The van der Waals surface area contributed by atoms with Crippen LogP contribution in [0.3, 0.4) is 0 Å². The third kappa shape index (κ3) is 2.73. The van der Waals surface area contributed by atoms with Crippen LogP contribution in [0.1, 0.15) is 50.5 Å². The van der Waals surface area contributed by atoms with E-state index in [4.69, 9.17) is 5.73 Å². The van der Waals surface area contributed by atoms with Crippen molar-refractivity contribution in [2.24, 2.45) is 17.6 Å². The number of carbonyl (C=O) groups is 1. The second-order valence-corrected chi connectivity index (χ2v) is 6.11. The van der Waals surface area contributed by atoms with Crippen molar-refractivity contribution in [1.29, 1.82) is 0 Å². The summed E-state index contributed by atoms with van der Waals surface area (Å²) in [5, 5.41) is 7.59. The number of hydrogen-bond donors (Lipinski definition) is 2. The van der Waals surface area contributed by atoms with Crippen molar-refractivity contribution in [3.63, 3.8) is 0 Å². The Morgan fingerprint density at radius 2 is 2.15 bits per heavy atom. The zero-order chi connectivity index (χ0) is 14.9. The van der Waals surface area contributed by atoms with Crippen LogP contribution in [0.15, 0.2) is 0 Å². The van der Waals surface area contributed by atoms with Crippen LogP contribution in [-0.4, -0.2) is 22.2 Å². The molecule has 2 rings (SSSR count). The Morgan fingerprint density at radius 3 is 2.70 bits per heavy atom. The topological polar surface area (TPSA) is 72.9 Å². The average Bonchev–Trinajstić information content (AvgIpc) is 2.97. The van der Waals surface area contributed by atoms with Gasteiger partial charge in [0, 0.05) is 12.0 Å². The fourth-order valence-electron chi connectivity index (χ4n) is 3.23. The molecule has 0 spiro atoms. The molecule has 0 radical (unpaired) electrons. The molecule has 0 aromatic carbocycles. The molecular formula is C15H26N4O. The van der Waals surface area contributed by atoms with Crippen molar-refractivity contribution in [2.75, 3.05) is 11.9 Å². The van der Waals surface area contributed by atoms with Crippen LogP contribution in [0, 0.1) is 25.7 Å². The first-order chi connectivity index (χ1) is 9.45. The summed E-state index contributed by atoms with van der Waals surface area (Å²) < 4.78 is 1.96. The van der Waals surface area contributed by atoms with E-state index in [9.17, 15) is 4.79 Å². The number of aromatic nitrogens is 2. The zero-order valence-electron chi connectivity index (χ0n) is 12.9. The van der Waals surface area contributed by atoms with Crippen LogP contribution < -0.4 is 11.1 Å². The van der Waals surface area contributed by atoms with E-state index in [0.717, 1.165) is 36.3 Å². The Kier molecular flexibility index (Phi) is 4.48. The summed E-state index contributed by atoms with van der Waals surface area (Å²) in [5.74, 6) is 0.490. The van der Waals surface area contributed by atoms with Gasteiger partial charge < -0.3 is 11.1 Å². The van der Waals surface area contributed by atoms with E-state index >= 15 is 0 Å². The van der Waals surface area contributed by atoms with Crippen LogP contribution in [0.2, 0.25) is 0 Å². The molecule has 1 aliphatic rings. The third-order valence-corrected chi connectivity index (χ3v) is 4.36. The van der Waals surface area contributed by atoms with Crippen molar-refractivity contribution >= 4 is 11.6 Å². The minimum Gasteiger partial charge on any atom is -0.330 e. The van der Waals surface area contributed by atoms with Crippen LogP contribution in [-0.2, 0) is 4.79 Å². The Morgan fingerprint density at radius 1 is 1.45 bits per heavy atom. The minimum atomic E-state index is 0.0567. The van der Waals surface area contributed by atoms with Crippen molar-refractivity contribution in [3.8, 4) is 0 Å². The van der Waals surface area contributed by atoms with Crippen LogP contribution in [0.25, 0.3) is 0 Å². The first kappa shape index (κ1) is 15.0. The number of rotatable bonds is 4. The minimum absolute atomic E-state index is 0.0567. The van der Waals surface area contributed by atoms with E-state index in [1.807, 2.05) is 18.5 Å². The van der Waals surface area contributed by atoms with Gasteiger partial charge in [0.05, 0.1) is 17.1 Å². The lowest BCUT2D eigenvalue weighted by atomic mass is 9.95. The second-order valence-electron chi connectivity index (χ2n) is 6.11. The van der Waals surface area contributed by atoms with Gasteiger partial charge in [0.25, 0.3) is 0 Å². The molecule has 112 valence electrons. The van der Waals surface area contributed by atoms with Gasteiger partial charge in [0.2, 0.25) is 5.91 Å². The number of nitrogens with one attached hydrogen (secondary N) is 1. The molecule has 0 saturated heterocycles. The van der Waals surface area contributed by atoms with Gasteiger partial charge in [0.15, 0.2) is 0 Å². The second kappa shape index (κ2) is 5.95. The number of hydrogen-bond acceptors (Lipinski definition) is 3. The lowest BCUT2D eigenvalue weighted by molar-refractivity contribution is -0.120. The number of carbonyl (C=O) groups excluding carboxylic acids is 1. The lowest BCUT2D eigenvalue weighted by Crippen LogP contribution is -2.30. The van der Waals surface area contributed by atoms with E-state index in [1.165, 1.54) is 0 Å². The lowest BCUT2D eigenvalue weighted by Gasteiger charge is -2.17. The molecule has 0 aliphatic heterocycles. The maximum atomic E-state index is 12.5. The van der Waals surface area contributed by atoms with E-state index in [-0.39, 0.29) is 11.8 Å². The molecule has 1 amide bonds. The monoisotopic (exact) mass is 278 g/mol. The molecule has 1 saturated carbocycles. The highest BCUT2D eigenvalue weighted by Crippen LogP contribution is 2.32. The van der Waals surface area contributed by atoms with Gasteiger partial charge in [-0.2, -0.15) is 5.10 Å². The van der Waals surface area contributed by atoms with Crippen LogP contribution >= 0.6 is 0 Å². The number of amides is 1. The normalized spacial score (nSPS) is 22.5. The molecule has 3 N–H and O–H groups in total. The molecular weight excluding hydrogens is 252 g/mol. The smallest absolute Gasteiger partial charge is 0.227 e. The Bertz CT molecular complexity index is 492. The van der Waals surface area contributed by atoms with E-state index in [2.05, 4.69) is 24.3 Å². The molecule has 1 aromatic heterocycles. The van der Waals surface area contributed by atoms with Gasteiger partial charge in [-0.25, -0.2) is 0 Å². The third-order valence-electron chi connectivity index (χ3n) is 4.36. The summed E-state index contributed by atoms with van der Waals surface area (Å²) in [6.07, 6.45) is 3.12. The first-order valence-corrected chi connectivity index (χ1v) is 7.52. The van der Waals surface area contributed by atoms with E-state index in [0.29, 0.717) is 18.5 Å². The maximum absolute atomic E-state index is 12.5. The summed E-state index contributed by atoms with van der Waals surface area (Å²) in [7, 11) is 0. The first-order valence-electron chi connectivity index (χ1n) is 7.52. The number of nitrogens with zero attached hydrogens (tertiary/aromatic N) is 2. The maximum Gasteiger partial charge on any atom is 0.227 e. The molecule has 5 nitrogen and oxygen atoms in total. The molecule has 0 bridgehead atoms. The quantitative estimate of drug-likeness (QED) is 0.888. The molecule has 2 atom stereocenters. The summed E-state index contributed by atoms with van der Waals surface area (Å²) >= 11 is 0. The highest BCUT2D eigenvalue weighted by molar-refractivity contribution is 5.94. The molecule has 1 heterocycles. The number of nitrogens with two attached hydrogens (primary N) is 1. The van der Waals surface area contributed by atoms with Crippen molar-refractivity contribution < 1.29 is 4.79 Å². The van der Waals surface area contributed by atoms with Gasteiger partial charge in [-0.3, -0.25) is 9.48 Å². The molecule has 5 heteroatoms. The van der Waals surface area contributed by atoms with E-state index in [1.54, 1.807) is 0 Å². The van der Waals surface area contributed by atoms with Gasteiger partial charge in [0.1, 0.15) is 0 Å². The predicted octanol–water partition coefficient (Wildman–Crippen LogP) is 2.39. The largest absolute Gasteiger partial charge is 0.330 e. The zero-order valence-corrected chi connectivity index (χ0v) is 12.9.